The van der Waals surface area contributed by atoms with Gasteiger partial charge in [0.05, 0.1) is 72.6 Å². The van der Waals surface area contributed by atoms with Gasteiger partial charge in [-0.1, -0.05) is 144 Å². The van der Waals surface area contributed by atoms with E-state index in [4.69, 9.17) is 9.97 Å². The van der Waals surface area contributed by atoms with Crippen LogP contribution in [0.25, 0.3) is 149 Å². The number of aryl methyl sites for hydroxylation is 3. The third-order valence-electron chi connectivity index (χ3n) is 17.2. The third kappa shape index (κ3) is 6.24. The van der Waals surface area contributed by atoms with E-state index in [0.717, 1.165) is 166 Å². The van der Waals surface area contributed by atoms with Crippen molar-refractivity contribution in [1.82, 2.24) is 32.8 Å². The maximum atomic E-state index is 13.1. The first-order chi connectivity index (χ1) is 40.4. The van der Waals surface area contributed by atoms with Gasteiger partial charge in [-0.15, -0.1) is 0 Å². The Hall–Kier alpha value is -11.0. The van der Waals surface area contributed by atoms with Crippen molar-refractivity contribution in [2.75, 3.05) is 0 Å². The molecule has 7 aromatic heterocycles. The van der Waals surface area contributed by atoms with Crippen LogP contribution in [0.15, 0.2) is 237 Å². The molecule has 17 aromatic rings. The maximum absolute atomic E-state index is 13.1. The summed E-state index contributed by atoms with van der Waals surface area (Å²) >= 11 is 0. The molecule has 0 atom stereocenters. The van der Waals surface area contributed by atoms with Crippen molar-refractivity contribution in [3.63, 3.8) is 0 Å². The summed E-state index contributed by atoms with van der Waals surface area (Å²) in [5.41, 5.74) is 19.5. The number of nitrogens with zero attached hydrogens (tertiary/aromatic N) is 8. The summed E-state index contributed by atoms with van der Waals surface area (Å²) in [6, 6.07) is 84.1. The van der Waals surface area contributed by atoms with Crippen LogP contribution < -0.4 is 0 Å². The van der Waals surface area contributed by atoms with Crippen LogP contribution in [-0.2, 0) is 0 Å². The van der Waals surface area contributed by atoms with Crippen molar-refractivity contribution in [1.29, 1.82) is 5.26 Å². The van der Waals surface area contributed by atoms with Crippen LogP contribution in [0.2, 0.25) is 0 Å². The molecule has 8 heteroatoms. The fourth-order valence-electron chi connectivity index (χ4n) is 13.9. The minimum Gasteiger partial charge on any atom is -0.306 e. The maximum Gasteiger partial charge on any atom is 0.146 e. The van der Waals surface area contributed by atoms with E-state index in [0.29, 0.717) is 5.56 Å². The monoisotopic (exact) mass is 1050 g/mol. The lowest BCUT2D eigenvalue weighted by atomic mass is 9.92. The fourth-order valence-corrected chi connectivity index (χ4v) is 13.9. The number of pyridine rings is 2. The van der Waals surface area contributed by atoms with Gasteiger partial charge in [-0.25, -0.2) is 9.97 Å². The lowest BCUT2D eigenvalue weighted by molar-refractivity contribution is 1.03. The Labute approximate surface area is 470 Å². The second-order valence-corrected chi connectivity index (χ2v) is 21.8. The molecule has 0 spiro atoms. The Kier molecular flexibility index (Phi) is 9.66. The highest BCUT2D eigenvalue weighted by Crippen LogP contribution is 2.53. The lowest BCUT2D eigenvalue weighted by Gasteiger charge is -2.30. The van der Waals surface area contributed by atoms with Gasteiger partial charge in [0.1, 0.15) is 22.9 Å². The third-order valence-corrected chi connectivity index (χ3v) is 17.2. The molecule has 0 saturated carbocycles. The van der Waals surface area contributed by atoms with Crippen molar-refractivity contribution in [2.24, 2.45) is 0 Å². The van der Waals surface area contributed by atoms with Crippen LogP contribution in [-0.4, -0.2) is 32.8 Å². The van der Waals surface area contributed by atoms with Gasteiger partial charge in [0.25, 0.3) is 0 Å². The topological polar surface area (TPSA) is 74.2 Å². The first-order valence-corrected chi connectivity index (χ1v) is 27.9. The molecule has 8 nitrogen and oxygen atoms in total. The van der Waals surface area contributed by atoms with E-state index in [1.807, 2.05) is 24.5 Å². The van der Waals surface area contributed by atoms with Crippen molar-refractivity contribution in [3.8, 4) is 45.6 Å². The zero-order valence-electron chi connectivity index (χ0n) is 45.1. The lowest BCUT2D eigenvalue weighted by Crippen LogP contribution is -2.17. The Bertz CT molecular complexity index is 5550. The first kappa shape index (κ1) is 46.0. The highest BCUT2D eigenvalue weighted by molar-refractivity contribution is 6.18. The number of benzene rings is 10. The van der Waals surface area contributed by atoms with Gasteiger partial charge in [0.15, 0.2) is 0 Å². The van der Waals surface area contributed by atoms with Gasteiger partial charge < -0.3 is 18.3 Å². The SMILES string of the molecule is Cc1ccc2c(c1)c1ccccc1n2-c1c(C#N)c(-n2c3ccccc3c3cc(C)ccc32)c(-n2c3ccccc3c3cc(C)ccc32)c(-c2ccccc2-n2c3ncccc3c3cccnc32)c1-n1c2ccccc2c2ccccc21. The number of nitriles is 1. The van der Waals surface area contributed by atoms with Gasteiger partial charge in [0.2, 0.25) is 0 Å². The Balaban J connectivity index is 1.24. The standard InChI is InChI=1S/C74H48N8/c1-44-32-35-65-55(40-44)49-20-6-12-28-61(49)78(65)69-58(43-75)70(79-62-29-13-7-21-50(62)56-41-45(2)33-36-66(56)79)72(81-63-30-14-8-22-51(63)57-42-46(3)34-37-67(57)81)68(71(69)80-59-26-10-4-18-47(59)48-19-5-11-27-60(48)80)54-23-9-15-31-64(54)82-73-52(24-16-38-76-73)53-25-17-39-77-74(53)82/h4-42H,1-3H3. The largest absolute Gasteiger partial charge is 0.306 e. The molecule has 0 aliphatic carbocycles. The normalized spacial score (nSPS) is 12.1. The number of hydrogen-bond donors (Lipinski definition) is 0. The van der Waals surface area contributed by atoms with Crippen molar-refractivity contribution < 1.29 is 0 Å². The summed E-state index contributed by atoms with van der Waals surface area (Å²) in [4.78, 5) is 10.4. The number of fused-ring (bicyclic) bond motifs is 15. The van der Waals surface area contributed by atoms with Crippen molar-refractivity contribution in [3.05, 3.63) is 259 Å². The highest BCUT2D eigenvalue weighted by atomic mass is 15.1. The molecule has 0 aliphatic rings. The molecule has 0 bridgehead atoms. The Morgan fingerprint density at radius 1 is 0.305 bits per heavy atom. The predicted molar refractivity (Wildman–Crippen MR) is 338 cm³/mol. The van der Waals surface area contributed by atoms with Crippen LogP contribution in [0, 0.1) is 32.1 Å². The van der Waals surface area contributed by atoms with Crippen molar-refractivity contribution in [2.45, 2.75) is 20.8 Å². The zero-order valence-corrected chi connectivity index (χ0v) is 45.1. The van der Waals surface area contributed by atoms with Crippen LogP contribution in [0.5, 0.6) is 0 Å². The van der Waals surface area contributed by atoms with Crippen LogP contribution >= 0.6 is 0 Å². The van der Waals surface area contributed by atoms with E-state index >= 15 is 0 Å². The molecule has 384 valence electrons. The van der Waals surface area contributed by atoms with Gasteiger partial charge in [0, 0.05) is 77.4 Å². The van der Waals surface area contributed by atoms with E-state index in [-0.39, 0.29) is 0 Å². The second kappa shape index (κ2) is 17.2. The van der Waals surface area contributed by atoms with E-state index in [1.165, 1.54) is 0 Å². The van der Waals surface area contributed by atoms with Crippen LogP contribution in [0.3, 0.4) is 0 Å². The number of rotatable bonds is 6. The van der Waals surface area contributed by atoms with Crippen LogP contribution in [0.1, 0.15) is 22.3 Å². The molecule has 82 heavy (non-hydrogen) atoms. The molecule has 0 amide bonds. The summed E-state index contributed by atoms with van der Waals surface area (Å²) < 4.78 is 12.0. The molecule has 0 aliphatic heterocycles. The van der Waals surface area contributed by atoms with E-state index in [1.54, 1.807) is 0 Å². The summed E-state index contributed by atoms with van der Waals surface area (Å²) in [7, 11) is 0. The van der Waals surface area contributed by atoms with Gasteiger partial charge in [-0.05, 0) is 118 Å². The summed E-state index contributed by atoms with van der Waals surface area (Å²) in [5.74, 6) is 0. The minimum absolute atomic E-state index is 0.512. The molecular weight excluding hydrogens is 1000 g/mol. The van der Waals surface area contributed by atoms with Gasteiger partial charge in [-0.2, -0.15) is 5.26 Å². The van der Waals surface area contributed by atoms with Crippen LogP contribution in [0.4, 0.5) is 0 Å². The van der Waals surface area contributed by atoms with E-state index in [2.05, 4.69) is 262 Å². The number of para-hydroxylation sites is 6. The molecule has 0 saturated heterocycles. The average Bonchev–Trinajstić information content (AvgIpc) is 2.35. The second-order valence-electron chi connectivity index (χ2n) is 21.8. The van der Waals surface area contributed by atoms with E-state index < -0.39 is 0 Å². The van der Waals surface area contributed by atoms with Crippen molar-refractivity contribution >= 4 is 109 Å². The zero-order chi connectivity index (χ0) is 54.5. The summed E-state index contributed by atoms with van der Waals surface area (Å²) in [6.45, 7) is 6.49. The quantitative estimate of drug-likeness (QED) is 0.167. The predicted octanol–water partition coefficient (Wildman–Crippen LogP) is 18.4. The first-order valence-electron chi connectivity index (χ1n) is 27.9. The molecule has 17 rings (SSSR count). The molecule has 0 unspecified atom stereocenters. The molecule has 7 heterocycles. The minimum atomic E-state index is 0.512. The van der Waals surface area contributed by atoms with Gasteiger partial charge in [-0.3, -0.25) is 4.57 Å². The Morgan fingerprint density at radius 2 is 0.622 bits per heavy atom. The summed E-state index contributed by atoms with van der Waals surface area (Å²) in [5, 5.41) is 23.9. The molecule has 0 radical (unpaired) electrons. The number of aromatic nitrogens is 7. The molecular formula is C74H48N8. The molecule has 0 N–H and O–H groups in total. The van der Waals surface area contributed by atoms with Gasteiger partial charge >= 0.3 is 0 Å². The fraction of sp³-hybridized carbons (Fsp3) is 0.0405. The molecule has 10 aromatic carbocycles. The Morgan fingerprint density at radius 3 is 1.01 bits per heavy atom. The smallest absolute Gasteiger partial charge is 0.146 e. The summed E-state index contributed by atoms with van der Waals surface area (Å²) in [6.07, 6.45) is 3.75. The highest BCUT2D eigenvalue weighted by Gasteiger charge is 2.36. The number of hydrogen-bond acceptors (Lipinski definition) is 3. The van der Waals surface area contributed by atoms with E-state index in [9.17, 15) is 5.26 Å². The average molecular weight is 1050 g/mol. The molecule has 0 fully saturated rings.